The second kappa shape index (κ2) is 5.43. The van der Waals surface area contributed by atoms with Gasteiger partial charge >= 0.3 is 0 Å². The Hall–Kier alpha value is -2.20. The number of carbonyl (C=O) groups excluding carboxylic acids is 1. The average Bonchev–Trinajstić information content (AvgIpc) is 2.35. The molecule has 104 valence electrons. The fourth-order valence-electron chi connectivity index (χ4n) is 1.92. The molecule has 2 aromatic rings. The van der Waals surface area contributed by atoms with Gasteiger partial charge in [-0.25, -0.2) is 0 Å². The first-order valence-corrected chi connectivity index (χ1v) is 6.40. The second-order valence-electron chi connectivity index (χ2n) is 4.59. The maximum Gasteiger partial charge on any atom is 0.252 e. The predicted molar refractivity (Wildman–Crippen MR) is 80.4 cm³/mol. The molecule has 0 unspecified atom stereocenters. The number of hydrogen-bond donors (Lipinski definition) is 2. The van der Waals surface area contributed by atoms with Gasteiger partial charge in [-0.05, 0) is 49.2 Å². The summed E-state index contributed by atoms with van der Waals surface area (Å²) in [5.41, 5.74) is 13.6. The normalized spacial score (nSPS) is 10.3. The van der Waals surface area contributed by atoms with Crippen molar-refractivity contribution < 1.29 is 9.53 Å². The van der Waals surface area contributed by atoms with Crippen LogP contribution < -0.4 is 16.2 Å². The second-order valence-corrected chi connectivity index (χ2v) is 4.97. The van der Waals surface area contributed by atoms with Crippen LogP contribution in [0.25, 0.3) is 0 Å². The number of nitrogens with two attached hydrogens (primary N) is 2. The molecule has 1 amide bonds. The SMILES string of the molecule is Cc1cc(Oc2cc(N)ccc2C(N)=O)cc(C)c1Cl. The Morgan fingerprint density at radius 1 is 1.15 bits per heavy atom. The number of benzene rings is 2. The molecule has 0 aliphatic rings. The molecule has 0 atom stereocenters. The van der Waals surface area contributed by atoms with Crippen molar-refractivity contribution in [3.05, 3.63) is 52.0 Å². The molecule has 2 rings (SSSR count). The molecule has 0 aliphatic carbocycles. The number of carbonyl (C=O) groups is 1. The molecule has 2 aromatic carbocycles. The van der Waals surface area contributed by atoms with Crippen LogP contribution in [0, 0.1) is 13.8 Å². The van der Waals surface area contributed by atoms with E-state index in [9.17, 15) is 4.79 Å². The molecule has 5 heteroatoms. The van der Waals surface area contributed by atoms with Crippen LogP contribution in [0.4, 0.5) is 5.69 Å². The fourth-order valence-corrected chi connectivity index (χ4v) is 2.03. The zero-order valence-corrected chi connectivity index (χ0v) is 12.0. The lowest BCUT2D eigenvalue weighted by atomic mass is 10.1. The van der Waals surface area contributed by atoms with Gasteiger partial charge in [0.25, 0.3) is 5.91 Å². The summed E-state index contributed by atoms with van der Waals surface area (Å²) in [6.45, 7) is 3.77. The zero-order valence-electron chi connectivity index (χ0n) is 11.2. The minimum absolute atomic E-state index is 0.282. The van der Waals surface area contributed by atoms with Crippen LogP contribution in [-0.4, -0.2) is 5.91 Å². The largest absolute Gasteiger partial charge is 0.456 e. The Morgan fingerprint density at radius 2 is 1.75 bits per heavy atom. The number of nitrogen functional groups attached to an aromatic ring is 1. The molecular formula is C15H15ClN2O2. The monoisotopic (exact) mass is 290 g/mol. The third-order valence-electron chi connectivity index (χ3n) is 2.91. The summed E-state index contributed by atoms with van der Waals surface area (Å²) in [4.78, 5) is 11.4. The Balaban J connectivity index is 2.44. The molecule has 20 heavy (non-hydrogen) atoms. The molecule has 0 bridgehead atoms. The molecule has 0 heterocycles. The van der Waals surface area contributed by atoms with E-state index in [1.165, 1.54) is 0 Å². The lowest BCUT2D eigenvalue weighted by molar-refractivity contribution is 0.0998. The molecule has 0 saturated heterocycles. The van der Waals surface area contributed by atoms with Crippen LogP contribution in [0.1, 0.15) is 21.5 Å². The van der Waals surface area contributed by atoms with E-state index >= 15 is 0 Å². The summed E-state index contributed by atoms with van der Waals surface area (Å²) in [6, 6.07) is 8.31. The Morgan fingerprint density at radius 3 is 2.30 bits per heavy atom. The standard InChI is InChI=1S/C15H15ClN2O2/c1-8-5-11(6-9(2)14(8)16)20-13-7-10(17)3-4-12(13)15(18)19/h3-7H,17H2,1-2H3,(H2,18,19). The van der Waals surface area contributed by atoms with Gasteiger partial charge in [0.2, 0.25) is 0 Å². The van der Waals surface area contributed by atoms with Gasteiger partial charge in [0.05, 0.1) is 5.56 Å². The molecule has 0 aromatic heterocycles. The minimum atomic E-state index is -0.567. The van der Waals surface area contributed by atoms with E-state index in [0.717, 1.165) is 11.1 Å². The van der Waals surface area contributed by atoms with E-state index in [0.29, 0.717) is 22.2 Å². The lowest BCUT2D eigenvalue weighted by Gasteiger charge is -2.12. The van der Waals surface area contributed by atoms with E-state index in [-0.39, 0.29) is 5.56 Å². The van der Waals surface area contributed by atoms with Crippen LogP contribution >= 0.6 is 11.6 Å². The maximum absolute atomic E-state index is 11.4. The number of primary amides is 1. The Kier molecular flexibility index (Phi) is 3.86. The first-order chi connectivity index (χ1) is 9.38. The van der Waals surface area contributed by atoms with Gasteiger partial charge in [-0.2, -0.15) is 0 Å². The smallest absolute Gasteiger partial charge is 0.252 e. The highest BCUT2D eigenvalue weighted by atomic mass is 35.5. The molecule has 4 N–H and O–H groups in total. The highest BCUT2D eigenvalue weighted by Gasteiger charge is 2.12. The van der Waals surface area contributed by atoms with Crippen molar-refractivity contribution in [1.82, 2.24) is 0 Å². The van der Waals surface area contributed by atoms with Gasteiger partial charge in [0, 0.05) is 16.8 Å². The van der Waals surface area contributed by atoms with Gasteiger partial charge in [0.15, 0.2) is 0 Å². The van der Waals surface area contributed by atoms with Crippen molar-refractivity contribution in [2.24, 2.45) is 5.73 Å². The summed E-state index contributed by atoms with van der Waals surface area (Å²) in [5, 5.41) is 0.694. The molecule has 0 saturated carbocycles. The first-order valence-electron chi connectivity index (χ1n) is 6.02. The molecular weight excluding hydrogens is 276 g/mol. The number of anilines is 1. The van der Waals surface area contributed by atoms with E-state index in [2.05, 4.69) is 0 Å². The molecule has 0 aliphatic heterocycles. The molecule has 4 nitrogen and oxygen atoms in total. The minimum Gasteiger partial charge on any atom is -0.456 e. The zero-order chi connectivity index (χ0) is 14.9. The number of rotatable bonds is 3. The van der Waals surface area contributed by atoms with Crippen molar-refractivity contribution in [2.75, 3.05) is 5.73 Å². The Bertz CT molecular complexity index is 661. The third kappa shape index (κ3) is 2.86. The highest BCUT2D eigenvalue weighted by Crippen LogP contribution is 2.31. The third-order valence-corrected chi connectivity index (χ3v) is 3.51. The summed E-state index contributed by atoms with van der Waals surface area (Å²) in [6.07, 6.45) is 0. The number of aryl methyl sites for hydroxylation is 2. The number of amides is 1. The van der Waals surface area contributed by atoms with Gasteiger partial charge in [-0.15, -0.1) is 0 Å². The maximum atomic E-state index is 11.4. The van der Waals surface area contributed by atoms with Crippen molar-refractivity contribution >= 4 is 23.2 Å². The van der Waals surface area contributed by atoms with Crippen LogP contribution in [0.15, 0.2) is 30.3 Å². The topological polar surface area (TPSA) is 78.3 Å². The van der Waals surface area contributed by atoms with Crippen molar-refractivity contribution in [1.29, 1.82) is 0 Å². The average molecular weight is 291 g/mol. The van der Waals surface area contributed by atoms with Gasteiger partial charge in [0.1, 0.15) is 11.5 Å². The summed E-state index contributed by atoms with van der Waals surface area (Å²) in [5.74, 6) is 0.346. The van der Waals surface area contributed by atoms with Crippen LogP contribution in [0.2, 0.25) is 5.02 Å². The summed E-state index contributed by atoms with van der Waals surface area (Å²) < 4.78 is 5.73. The van der Waals surface area contributed by atoms with Gasteiger partial charge in [-0.1, -0.05) is 11.6 Å². The van der Waals surface area contributed by atoms with E-state index < -0.39 is 5.91 Å². The van der Waals surface area contributed by atoms with Crippen molar-refractivity contribution in [3.8, 4) is 11.5 Å². The quantitative estimate of drug-likeness (QED) is 0.850. The van der Waals surface area contributed by atoms with Crippen LogP contribution in [0.3, 0.4) is 0 Å². The summed E-state index contributed by atoms with van der Waals surface area (Å²) >= 11 is 6.11. The van der Waals surface area contributed by atoms with E-state index in [4.69, 9.17) is 27.8 Å². The number of halogens is 1. The first kappa shape index (κ1) is 14.2. The molecule has 0 radical (unpaired) electrons. The number of hydrogen-bond acceptors (Lipinski definition) is 3. The van der Waals surface area contributed by atoms with E-state index in [1.54, 1.807) is 30.3 Å². The predicted octanol–water partition coefficient (Wildman–Crippen LogP) is 3.43. The van der Waals surface area contributed by atoms with Crippen LogP contribution in [0.5, 0.6) is 11.5 Å². The van der Waals surface area contributed by atoms with Crippen molar-refractivity contribution in [2.45, 2.75) is 13.8 Å². The fraction of sp³-hybridized carbons (Fsp3) is 0.133. The molecule has 0 spiro atoms. The summed E-state index contributed by atoms with van der Waals surface area (Å²) in [7, 11) is 0. The highest BCUT2D eigenvalue weighted by molar-refractivity contribution is 6.32. The Labute approximate surface area is 122 Å². The van der Waals surface area contributed by atoms with Crippen LogP contribution in [-0.2, 0) is 0 Å². The lowest BCUT2D eigenvalue weighted by Crippen LogP contribution is -2.12. The van der Waals surface area contributed by atoms with Gasteiger partial charge < -0.3 is 16.2 Å². The molecule has 0 fully saturated rings. The van der Waals surface area contributed by atoms with E-state index in [1.807, 2.05) is 13.8 Å². The van der Waals surface area contributed by atoms with Gasteiger partial charge in [-0.3, -0.25) is 4.79 Å². The number of ether oxygens (including phenoxy) is 1. The van der Waals surface area contributed by atoms with Crippen molar-refractivity contribution in [3.63, 3.8) is 0 Å².